The molecular weight excluding hydrogens is 512 g/mol. The van der Waals surface area contributed by atoms with Gasteiger partial charge in [0.2, 0.25) is 11.8 Å². The second kappa shape index (κ2) is 10.0. The summed E-state index contributed by atoms with van der Waals surface area (Å²) in [5.41, 5.74) is 6.37. The standard InChI is InChI=1S/C26H23F2N7O4/c1-13(2)34-12-17(25(37)35(26(34)38)16-6-3-14(27)4-7-16)24(36)31-15-5-8-19(18(28)11-15)39-20-9-10-30-23-21(20)22(29)32-33-23/h3-11,13,17H,12H2,1-2H3,(H,31,36)(H3,29,30,32,33). The van der Waals surface area contributed by atoms with Gasteiger partial charge in [0.15, 0.2) is 17.2 Å². The van der Waals surface area contributed by atoms with Crippen molar-refractivity contribution in [2.75, 3.05) is 22.5 Å². The van der Waals surface area contributed by atoms with Crippen LogP contribution in [0.3, 0.4) is 0 Å². The number of hydrogen-bond acceptors (Lipinski definition) is 7. The summed E-state index contributed by atoms with van der Waals surface area (Å²) in [5.74, 6) is -3.84. The second-order valence-corrected chi connectivity index (χ2v) is 9.11. The number of benzene rings is 2. The number of ether oxygens (including phenoxy) is 1. The van der Waals surface area contributed by atoms with Crippen LogP contribution in [0.2, 0.25) is 0 Å². The molecule has 4 amide bonds. The fourth-order valence-corrected chi connectivity index (χ4v) is 4.22. The van der Waals surface area contributed by atoms with Crippen molar-refractivity contribution in [2.45, 2.75) is 19.9 Å². The number of halogens is 2. The van der Waals surface area contributed by atoms with Crippen LogP contribution in [0.15, 0.2) is 54.7 Å². The monoisotopic (exact) mass is 535 g/mol. The van der Waals surface area contributed by atoms with Gasteiger partial charge < -0.3 is 20.7 Å². The van der Waals surface area contributed by atoms with Crippen molar-refractivity contribution >= 4 is 46.1 Å². The van der Waals surface area contributed by atoms with Crippen LogP contribution < -0.4 is 20.7 Å². The molecule has 4 N–H and O–H groups in total. The quantitative estimate of drug-likeness (QED) is 0.316. The highest BCUT2D eigenvalue weighted by Crippen LogP contribution is 2.33. The highest BCUT2D eigenvalue weighted by molar-refractivity contribution is 6.23. The molecule has 1 atom stereocenters. The SMILES string of the molecule is CC(C)N1CC(C(=O)Nc2ccc(Oc3ccnc4n[nH]c(N)c34)c(F)c2)C(=O)N(c2ccc(F)cc2)C1=O. The number of anilines is 3. The van der Waals surface area contributed by atoms with E-state index in [0.717, 1.165) is 23.1 Å². The summed E-state index contributed by atoms with van der Waals surface area (Å²) >= 11 is 0. The number of carbonyl (C=O) groups is 3. The molecule has 0 radical (unpaired) electrons. The molecule has 1 unspecified atom stereocenters. The van der Waals surface area contributed by atoms with Crippen molar-refractivity contribution < 1.29 is 27.9 Å². The number of carbonyl (C=O) groups excluding carboxylic acids is 3. The molecule has 1 aliphatic rings. The Kier molecular flexibility index (Phi) is 6.56. The van der Waals surface area contributed by atoms with Gasteiger partial charge in [-0.05, 0) is 50.2 Å². The van der Waals surface area contributed by atoms with E-state index in [1.54, 1.807) is 13.8 Å². The third-order valence-corrected chi connectivity index (χ3v) is 6.22. The maximum Gasteiger partial charge on any atom is 0.331 e. The topological polar surface area (TPSA) is 147 Å². The summed E-state index contributed by atoms with van der Waals surface area (Å²) in [6, 6.07) is 9.11. The van der Waals surface area contributed by atoms with Crippen LogP contribution in [0.25, 0.3) is 11.0 Å². The Balaban J connectivity index is 1.36. The molecule has 11 nitrogen and oxygen atoms in total. The van der Waals surface area contributed by atoms with Gasteiger partial charge in [-0.1, -0.05) is 0 Å². The number of rotatable bonds is 6. The van der Waals surface area contributed by atoms with E-state index in [0.29, 0.717) is 11.0 Å². The molecule has 3 heterocycles. The summed E-state index contributed by atoms with van der Waals surface area (Å²) in [4.78, 5) is 45.8. The van der Waals surface area contributed by atoms with Crippen LogP contribution >= 0.6 is 0 Å². The number of amides is 4. The highest BCUT2D eigenvalue weighted by atomic mass is 19.1. The number of hydrogen-bond donors (Lipinski definition) is 3. The fourth-order valence-electron chi connectivity index (χ4n) is 4.22. The molecule has 1 aliphatic heterocycles. The smallest absolute Gasteiger partial charge is 0.331 e. The number of nitrogens with two attached hydrogens (primary N) is 1. The number of H-pyrrole nitrogens is 1. The molecule has 2 aromatic heterocycles. The number of aromatic amines is 1. The average molecular weight is 536 g/mol. The first-order chi connectivity index (χ1) is 18.6. The Morgan fingerprint density at radius 3 is 2.56 bits per heavy atom. The third-order valence-electron chi connectivity index (χ3n) is 6.22. The van der Waals surface area contributed by atoms with Crippen molar-refractivity contribution in [3.8, 4) is 11.5 Å². The van der Waals surface area contributed by atoms with E-state index in [9.17, 15) is 23.2 Å². The number of aromatic nitrogens is 3. The lowest BCUT2D eigenvalue weighted by molar-refractivity contribution is -0.132. The molecule has 13 heteroatoms. The zero-order valence-corrected chi connectivity index (χ0v) is 20.8. The van der Waals surface area contributed by atoms with E-state index in [-0.39, 0.29) is 41.3 Å². The van der Waals surface area contributed by atoms with E-state index in [1.165, 1.54) is 41.4 Å². The zero-order valence-electron chi connectivity index (χ0n) is 20.8. The molecule has 1 fully saturated rings. The largest absolute Gasteiger partial charge is 0.453 e. The predicted octanol–water partition coefficient (Wildman–Crippen LogP) is 4.04. The molecule has 0 saturated carbocycles. The molecule has 2 aromatic carbocycles. The van der Waals surface area contributed by atoms with Crippen molar-refractivity contribution in [3.05, 3.63) is 66.4 Å². The number of fused-ring (bicyclic) bond motifs is 1. The highest BCUT2D eigenvalue weighted by Gasteiger charge is 2.44. The van der Waals surface area contributed by atoms with Gasteiger partial charge in [-0.25, -0.2) is 23.5 Å². The molecule has 200 valence electrons. The lowest BCUT2D eigenvalue weighted by Gasteiger charge is -2.39. The maximum absolute atomic E-state index is 15.0. The van der Waals surface area contributed by atoms with Gasteiger partial charge in [-0.2, -0.15) is 5.10 Å². The van der Waals surface area contributed by atoms with Crippen LogP contribution in [-0.2, 0) is 9.59 Å². The average Bonchev–Trinajstić information content (AvgIpc) is 3.28. The molecule has 5 rings (SSSR count). The second-order valence-electron chi connectivity index (χ2n) is 9.11. The summed E-state index contributed by atoms with van der Waals surface area (Å²) in [5, 5.41) is 9.45. The number of pyridine rings is 1. The van der Waals surface area contributed by atoms with Crippen molar-refractivity contribution in [3.63, 3.8) is 0 Å². The lowest BCUT2D eigenvalue weighted by Crippen LogP contribution is -2.61. The van der Waals surface area contributed by atoms with Gasteiger partial charge in [0, 0.05) is 36.6 Å². The fraction of sp³-hybridized carbons (Fsp3) is 0.192. The number of nitrogens with one attached hydrogen (secondary N) is 2. The molecule has 0 spiro atoms. The number of urea groups is 1. The zero-order chi connectivity index (χ0) is 27.8. The molecular formula is C26H23F2N7O4. The van der Waals surface area contributed by atoms with Gasteiger partial charge in [0.25, 0.3) is 0 Å². The van der Waals surface area contributed by atoms with Crippen molar-refractivity contribution in [1.82, 2.24) is 20.1 Å². The first kappa shape index (κ1) is 25.6. The Bertz CT molecular complexity index is 1590. The predicted molar refractivity (Wildman–Crippen MR) is 138 cm³/mol. The van der Waals surface area contributed by atoms with Crippen LogP contribution in [0.5, 0.6) is 11.5 Å². The number of imide groups is 1. The van der Waals surface area contributed by atoms with E-state index in [1.807, 2.05) is 0 Å². The lowest BCUT2D eigenvalue weighted by atomic mass is 10.0. The normalized spacial score (nSPS) is 15.8. The van der Waals surface area contributed by atoms with Crippen molar-refractivity contribution in [1.29, 1.82) is 0 Å². The molecule has 0 bridgehead atoms. The minimum absolute atomic E-state index is 0.0710. The molecule has 4 aromatic rings. The first-order valence-corrected chi connectivity index (χ1v) is 11.9. The van der Waals surface area contributed by atoms with Crippen LogP contribution in [0.4, 0.5) is 30.8 Å². The Hall–Kier alpha value is -5.07. The minimum atomic E-state index is -1.29. The van der Waals surface area contributed by atoms with E-state index in [4.69, 9.17) is 10.5 Å². The molecule has 39 heavy (non-hydrogen) atoms. The van der Waals surface area contributed by atoms with Gasteiger partial charge in [-0.3, -0.25) is 14.7 Å². The Morgan fingerprint density at radius 1 is 1.13 bits per heavy atom. The van der Waals surface area contributed by atoms with E-state index >= 15 is 0 Å². The first-order valence-electron chi connectivity index (χ1n) is 11.9. The van der Waals surface area contributed by atoms with Gasteiger partial charge in [0.1, 0.15) is 28.7 Å². The summed E-state index contributed by atoms with van der Waals surface area (Å²) in [6.07, 6.45) is 1.44. The maximum atomic E-state index is 15.0. The van der Waals surface area contributed by atoms with Crippen LogP contribution in [0, 0.1) is 17.6 Å². The number of nitrogens with zero attached hydrogens (tertiary/aromatic N) is 4. The van der Waals surface area contributed by atoms with Gasteiger partial charge >= 0.3 is 6.03 Å². The summed E-state index contributed by atoms with van der Waals surface area (Å²) in [7, 11) is 0. The minimum Gasteiger partial charge on any atom is -0.453 e. The summed E-state index contributed by atoms with van der Waals surface area (Å²) in [6.45, 7) is 3.31. The van der Waals surface area contributed by atoms with Crippen LogP contribution in [0.1, 0.15) is 13.8 Å². The molecule has 0 aliphatic carbocycles. The third kappa shape index (κ3) is 4.81. The molecule has 1 saturated heterocycles. The van der Waals surface area contributed by atoms with Gasteiger partial charge in [-0.15, -0.1) is 0 Å². The summed E-state index contributed by atoms with van der Waals surface area (Å²) < 4.78 is 34.1. The van der Waals surface area contributed by atoms with Crippen molar-refractivity contribution in [2.24, 2.45) is 5.92 Å². The Morgan fingerprint density at radius 2 is 1.87 bits per heavy atom. The van der Waals surface area contributed by atoms with Crippen LogP contribution in [-0.4, -0.2) is 50.5 Å². The van der Waals surface area contributed by atoms with E-state index in [2.05, 4.69) is 20.5 Å². The van der Waals surface area contributed by atoms with Gasteiger partial charge in [0.05, 0.1) is 5.69 Å². The van der Waals surface area contributed by atoms with E-state index < -0.39 is 35.4 Å². The number of nitrogen functional groups attached to an aromatic ring is 1. The Labute approximate surface area is 220 Å².